The molecule has 0 aliphatic carbocycles. The van der Waals surface area contributed by atoms with Crippen LogP contribution in [0.3, 0.4) is 0 Å². The van der Waals surface area contributed by atoms with Crippen molar-refractivity contribution in [3.05, 3.63) is 72.6 Å². The van der Waals surface area contributed by atoms with Gasteiger partial charge in [-0.1, -0.05) is 24.8 Å². The number of anilines is 2. The number of nitrogens with one attached hydrogen (secondary N) is 2. The zero-order valence-electron chi connectivity index (χ0n) is 15.2. The second kappa shape index (κ2) is 7.48. The molecule has 0 bridgehead atoms. The first-order valence-corrected chi connectivity index (χ1v) is 9.01. The van der Waals surface area contributed by atoms with E-state index in [-0.39, 0.29) is 11.8 Å². The van der Waals surface area contributed by atoms with E-state index >= 15 is 0 Å². The molecule has 0 unspecified atom stereocenters. The third-order valence-corrected chi connectivity index (χ3v) is 4.57. The molecule has 0 radical (unpaired) electrons. The quantitative estimate of drug-likeness (QED) is 0.672. The van der Waals surface area contributed by atoms with Crippen LogP contribution in [0.1, 0.15) is 22.6 Å². The number of hydrogen-bond donors (Lipinski definition) is 2. The normalized spacial score (nSPS) is 12.3. The number of aryl methyl sites for hydroxylation is 1. The fourth-order valence-electron chi connectivity index (χ4n) is 3.23. The molecule has 1 aromatic heterocycles. The van der Waals surface area contributed by atoms with Crippen molar-refractivity contribution in [2.45, 2.75) is 19.4 Å². The van der Waals surface area contributed by atoms with E-state index in [1.165, 1.54) is 6.08 Å². The summed E-state index contributed by atoms with van der Waals surface area (Å²) in [4.78, 5) is 24.1. The second-order valence-corrected chi connectivity index (χ2v) is 6.50. The lowest BCUT2D eigenvalue weighted by Crippen LogP contribution is -2.13. The fraction of sp³-hybridized carbons (Fsp3) is 0.143. The first-order chi connectivity index (χ1) is 13.6. The molecule has 28 heavy (non-hydrogen) atoms. The van der Waals surface area contributed by atoms with Crippen LogP contribution in [-0.4, -0.2) is 26.6 Å². The average Bonchev–Trinajstić information content (AvgIpc) is 3.32. The molecular formula is C21H19N5O2. The van der Waals surface area contributed by atoms with Gasteiger partial charge in [-0.2, -0.15) is 0 Å². The van der Waals surface area contributed by atoms with Crippen molar-refractivity contribution in [2.75, 3.05) is 10.6 Å². The minimum absolute atomic E-state index is 0.265. The Bertz CT molecular complexity index is 1070. The van der Waals surface area contributed by atoms with E-state index in [1.807, 2.05) is 24.3 Å². The Morgan fingerprint density at radius 2 is 1.82 bits per heavy atom. The Morgan fingerprint density at radius 3 is 2.64 bits per heavy atom. The summed E-state index contributed by atoms with van der Waals surface area (Å²) in [7, 11) is 0. The molecule has 2 heterocycles. The molecule has 2 aromatic carbocycles. The van der Waals surface area contributed by atoms with E-state index in [1.54, 1.807) is 24.3 Å². The average molecular weight is 373 g/mol. The molecule has 3 aromatic rings. The van der Waals surface area contributed by atoms with Gasteiger partial charge in [-0.05, 0) is 42.8 Å². The molecule has 140 valence electrons. The van der Waals surface area contributed by atoms with Gasteiger partial charge >= 0.3 is 0 Å². The molecule has 1 aliphatic rings. The molecule has 7 heteroatoms. The topological polar surface area (TPSA) is 88.9 Å². The molecule has 0 atom stereocenters. The molecule has 0 fully saturated rings. The minimum Gasteiger partial charge on any atom is -0.323 e. The Hall–Kier alpha value is -3.74. The zero-order valence-corrected chi connectivity index (χ0v) is 15.2. The summed E-state index contributed by atoms with van der Waals surface area (Å²) in [5, 5.41) is 14.1. The Balaban J connectivity index is 1.53. The smallest absolute Gasteiger partial charge is 0.255 e. The van der Waals surface area contributed by atoms with Gasteiger partial charge in [0.1, 0.15) is 5.82 Å². The predicted octanol–water partition coefficient (Wildman–Crippen LogP) is 3.27. The molecule has 2 amide bonds. The van der Waals surface area contributed by atoms with Crippen LogP contribution in [0.15, 0.2) is 61.2 Å². The summed E-state index contributed by atoms with van der Waals surface area (Å²) in [5.74, 6) is 1.23. The van der Waals surface area contributed by atoms with Crippen LogP contribution in [0.2, 0.25) is 0 Å². The van der Waals surface area contributed by atoms with Crippen LogP contribution < -0.4 is 10.6 Å². The van der Waals surface area contributed by atoms with Gasteiger partial charge in [0.05, 0.1) is 0 Å². The molecule has 4 rings (SSSR count). The number of fused-ring (bicyclic) bond motifs is 1. The van der Waals surface area contributed by atoms with E-state index < -0.39 is 0 Å². The predicted molar refractivity (Wildman–Crippen MR) is 107 cm³/mol. The van der Waals surface area contributed by atoms with Crippen molar-refractivity contribution >= 4 is 23.2 Å². The second-order valence-electron chi connectivity index (χ2n) is 6.50. The molecule has 1 aliphatic heterocycles. The molecule has 2 N–H and O–H groups in total. The van der Waals surface area contributed by atoms with E-state index in [0.29, 0.717) is 16.9 Å². The van der Waals surface area contributed by atoms with Gasteiger partial charge in [-0.15, -0.1) is 10.2 Å². The highest BCUT2D eigenvalue weighted by Gasteiger charge is 2.18. The standard InChI is InChI=1S/C21H19N5O2/c1-2-19(27)22-16-8-4-7-15(13-16)21(28)23-17-9-3-6-14(12-17)20-25-24-18-10-5-11-26(18)20/h2-4,6-9,12-13H,1,5,10-11H2,(H,22,27)(H,23,28). The number of rotatable bonds is 5. The highest BCUT2D eigenvalue weighted by atomic mass is 16.2. The number of carbonyl (C=O) groups excluding carboxylic acids is 2. The van der Waals surface area contributed by atoms with Crippen molar-refractivity contribution in [1.29, 1.82) is 0 Å². The molecule has 0 saturated carbocycles. The molecule has 0 saturated heterocycles. The van der Waals surface area contributed by atoms with E-state index in [0.717, 1.165) is 36.6 Å². The lowest BCUT2D eigenvalue weighted by molar-refractivity contribution is -0.111. The van der Waals surface area contributed by atoms with Gasteiger partial charge in [0.2, 0.25) is 5.91 Å². The number of benzene rings is 2. The molecule has 7 nitrogen and oxygen atoms in total. The minimum atomic E-state index is -0.328. The number of carbonyl (C=O) groups is 2. The van der Waals surface area contributed by atoms with Crippen molar-refractivity contribution < 1.29 is 9.59 Å². The lowest BCUT2D eigenvalue weighted by Gasteiger charge is -2.09. The summed E-state index contributed by atoms with van der Waals surface area (Å²) in [6, 6.07) is 14.3. The first kappa shape index (κ1) is 17.7. The van der Waals surface area contributed by atoms with Crippen molar-refractivity contribution in [3.8, 4) is 11.4 Å². The van der Waals surface area contributed by atoms with Crippen LogP contribution in [0.4, 0.5) is 11.4 Å². The summed E-state index contributed by atoms with van der Waals surface area (Å²) in [6.45, 7) is 4.33. The lowest BCUT2D eigenvalue weighted by atomic mass is 10.1. The van der Waals surface area contributed by atoms with Crippen molar-refractivity contribution in [2.24, 2.45) is 0 Å². The highest BCUT2D eigenvalue weighted by molar-refractivity contribution is 6.06. The summed E-state index contributed by atoms with van der Waals surface area (Å²) < 4.78 is 2.12. The monoisotopic (exact) mass is 373 g/mol. The Kier molecular flexibility index (Phi) is 4.72. The number of hydrogen-bond acceptors (Lipinski definition) is 4. The van der Waals surface area contributed by atoms with Crippen LogP contribution >= 0.6 is 0 Å². The van der Waals surface area contributed by atoms with E-state index in [2.05, 4.69) is 32.0 Å². The maximum atomic E-state index is 12.6. The van der Waals surface area contributed by atoms with Crippen LogP contribution in [0, 0.1) is 0 Å². The van der Waals surface area contributed by atoms with Crippen molar-refractivity contribution in [3.63, 3.8) is 0 Å². The molecular weight excluding hydrogens is 354 g/mol. The van der Waals surface area contributed by atoms with Crippen LogP contribution in [-0.2, 0) is 17.8 Å². The van der Waals surface area contributed by atoms with Gasteiger partial charge in [0.25, 0.3) is 5.91 Å². The number of amides is 2. The first-order valence-electron chi connectivity index (χ1n) is 9.01. The number of aromatic nitrogens is 3. The third kappa shape index (κ3) is 3.55. The SMILES string of the molecule is C=CC(=O)Nc1cccc(C(=O)Nc2cccc(-c3nnc4n3CCC4)c2)c1. The Morgan fingerprint density at radius 1 is 1.04 bits per heavy atom. The van der Waals surface area contributed by atoms with Crippen LogP contribution in [0.5, 0.6) is 0 Å². The maximum absolute atomic E-state index is 12.6. The number of nitrogens with zero attached hydrogens (tertiary/aromatic N) is 3. The van der Waals surface area contributed by atoms with E-state index in [9.17, 15) is 9.59 Å². The van der Waals surface area contributed by atoms with Gasteiger partial charge in [-0.25, -0.2) is 0 Å². The highest BCUT2D eigenvalue weighted by Crippen LogP contribution is 2.25. The fourth-order valence-corrected chi connectivity index (χ4v) is 3.23. The zero-order chi connectivity index (χ0) is 19.5. The summed E-state index contributed by atoms with van der Waals surface area (Å²) >= 11 is 0. The Labute approximate surface area is 162 Å². The van der Waals surface area contributed by atoms with Crippen LogP contribution in [0.25, 0.3) is 11.4 Å². The van der Waals surface area contributed by atoms with Crippen molar-refractivity contribution in [1.82, 2.24) is 14.8 Å². The van der Waals surface area contributed by atoms with Gasteiger partial charge in [-0.3, -0.25) is 9.59 Å². The largest absolute Gasteiger partial charge is 0.323 e. The molecule has 0 spiro atoms. The maximum Gasteiger partial charge on any atom is 0.255 e. The summed E-state index contributed by atoms with van der Waals surface area (Å²) in [6.07, 6.45) is 3.20. The van der Waals surface area contributed by atoms with Gasteiger partial charge in [0.15, 0.2) is 5.82 Å². The van der Waals surface area contributed by atoms with E-state index in [4.69, 9.17) is 0 Å². The van der Waals surface area contributed by atoms with Gasteiger partial charge < -0.3 is 15.2 Å². The third-order valence-electron chi connectivity index (χ3n) is 4.57. The van der Waals surface area contributed by atoms with Gasteiger partial charge in [0, 0.05) is 35.5 Å². The summed E-state index contributed by atoms with van der Waals surface area (Å²) in [5.41, 5.74) is 2.55.